The third-order valence-electron chi connectivity index (χ3n) is 10.0. The molecule has 0 spiro atoms. The van der Waals surface area contributed by atoms with Gasteiger partial charge in [-0.15, -0.1) is 11.3 Å². The summed E-state index contributed by atoms with van der Waals surface area (Å²) in [5, 5.41) is 7.12. The molecule has 51 heavy (non-hydrogen) atoms. The summed E-state index contributed by atoms with van der Waals surface area (Å²) >= 11 is 1.84. The molecule has 0 amide bonds. The van der Waals surface area contributed by atoms with Crippen molar-refractivity contribution in [3.05, 3.63) is 164 Å². The predicted octanol–water partition coefficient (Wildman–Crippen LogP) is 12.8. The topological polar surface area (TPSA) is 43.9 Å². The summed E-state index contributed by atoms with van der Waals surface area (Å²) in [4.78, 5) is 10.6. The van der Waals surface area contributed by atoms with Gasteiger partial charge in [-0.1, -0.05) is 115 Å². The van der Waals surface area contributed by atoms with Crippen molar-refractivity contribution in [1.82, 2.24) is 14.5 Å². The highest BCUT2D eigenvalue weighted by molar-refractivity contribution is 7.27. The number of furan rings is 1. The molecule has 7 aromatic carbocycles. The zero-order valence-electron chi connectivity index (χ0n) is 27.2. The Kier molecular flexibility index (Phi) is 6.09. The number of thiophene rings is 1. The molecule has 0 unspecified atom stereocenters. The normalized spacial score (nSPS) is 11.9. The summed E-state index contributed by atoms with van der Waals surface area (Å²) in [6.07, 6.45) is 0. The molecule has 0 aliphatic carbocycles. The van der Waals surface area contributed by atoms with E-state index in [9.17, 15) is 0 Å². The van der Waals surface area contributed by atoms with Crippen LogP contribution in [0.15, 0.2) is 168 Å². The molecule has 0 bridgehead atoms. The number of para-hydroxylation sites is 3. The second kappa shape index (κ2) is 11.0. The van der Waals surface area contributed by atoms with Gasteiger partial charge >= 0.3 is 0 Å². The molecular weight excluding hydrogens is 643 g/mol. The van der Waals surface area contributed by atoms with Crippen LogP contribution in [0.3, 0.4) is 0 Å². The minimum Gasteiger partial charge on any atom is -0.456 e. The molecule has 5 heteroatoms. The van der Waals surface area contributed by atoms with Gasteiger partial charge in [0, 0.05) is 64.1 Å². The van der Waals surface area contributed by atoms with E-state index in [1.54, 1.807) is 0 Å². The molecule has 0 atom stereocenters. The van der Waals surface area contributed by atoms with Crippen molar-refractivity contribution < 1.29 is 4.42 Å². The van der Waals surface area contributed by atoms with Crippen LogP contribution in [0, 0.1) is 0 Å². The SMILES string of the molecule is c1ccc(-c2cc(-c3cccc4oc5ccccc5c34)nc(-c3cccc4c3sc3c4ccc4c3c3ccccc3n4-c3ccccc3)n2)cc1. The fourth-order valence-corrected chi connectivity index (χ4v) is 9.16. The lowest BCUT2D eigenvalue weighted by atomic mass is 10.0. The Bertz CT molecular complexity index is 3140. The maximum Gasteiger partial charge on any atom is 0.161 e. The van der Waals surface area contributed by atoms with Gasteiger partial charge in [0.2, 0.25) is 0 Å². The van der Waals surface area contributed by atoms with E-state index < -0.39 is 0 Å². The largest absolute Gasteiger partial charge is 0.456 e. The van der Waals surface area contributed by atoms with Gasteiger partial charge < -0.3 is 8.98 Å². The maximum atomic E-state index is 6.29. The zero-order valence-corrected chi connectivity index (χ0v) is 28.1. The Labute approximate surface area is 296 Å². The zero-order chi connectivity index (χ0) is 33.5. The summed E-state index contributed by atoms with van der Waals surface area (Å²) in [6.45, 7) is 0. The van der Waals surface area contributed by atoms with Gasteiger partial charge in [-0.3, -0.25) is 0 Å². The van der Waals surface area contributed by atoms with E-state index in [0.717, 1.165) is 55.7 Å². The maximum absolute atomic E-state index is 6.29. The van der Waals surface area contributed by atoms with Crippen LogP contribution in [0.2, 0.25) is 0 Å². The van der Waals surface area contributed by atoms with Crippen molar-refractivity contribution in [1.29, 1.82) is 0 Å². The van der Waals surface area contributed by atoms with Crippen LogP contribution in [0.1, 0.15) is 0 Å². The van der Waals surface area contributed by atoms with Crippen LogP contribution in [0.5, 0.6) is 0 Å². The summed E-state index contributed by atoms with van der Waals surface area (Å²) < 4.78 is 11.1. The first-order valence-electron chi connectivity index (χ1n) is 17.1. The Balaban J connectivity index is 1.20. The number of hydrogen-bond donors (Lipinski definition) is 0. The summed E-state index contributed by atoms with van der Waals surface area (Å²) in [5.41, 5.74) is 10.1. The second-order valence-corrected chi connectivity index (χ2v) is 13.9. The van der Waals surface area contributed by atoms with Crippen molar-refractivity contribution >= 4 is 75.3 Å². The Morgan fingerprint density at radius 3 is 2.00 bits per heavy atom. The van der Waals surface area contributed by atoms with Gasteiger partial charge in [0.25, 0.3) is 0 Å². The van der Waals surface area contributed by atoms with Crippen LogP contribution in [0.4, 0.5) is 0 Å². The summed E-state index contributed by atoms with van der Waals surface area (Å²) in [5.74, 6) is 0.705. The lowest BCUT2D eigenvalue weighted by Crippen LogP contribution is -1.96. The molecule has 0 saturated heterocycles. The molecule has 4 aromatic heterocycles. The Morgan fingerprint density at radius 1 is 0.451 bits per heavy atom. The fraction of sp³-hybridized carbons (Fsp3) is 0. The van der Waals surface area contributed by atoms with Gasteiger partial charge in [0.05, 0.1) is 22.4 Å². The molecule has 11 rings (SSSR count). The standard InChI is InChI=1S/C46H27N3OS/c1-3-13-28(14-4-1)36-27-37(32-20-12-24-41-42(32)34-18-8-10-23-40(34)50-41)48-46(47-36)35-21-11-19-30-31-25-26-39-43(45(31)51-44(30)35)33-17-7-9-22-38(33)49(39)29-15-5-2-6-16-29/h1-27H. The fourth-order valence-electron chi connectivity index (χ4n) is 7.79. The molecule has 0 N–H and O–H groups in total. The first-order valence-corrected chi connectivity index (χ1v) is 17.9. The number of hydrogen-bond acceptors (Lipinski definition) is 4. The highest BCUT2D eigenvalue weighted by atomic mass is 32.1. The van der Waals surface area contributed by atoms with Crippen LogP contribution in [-0.4, -0.2) is 14.5 Å². The first kappa shape index (κ1) is 28.3. The van der Waals surface area contributed by atoms with Gasteiger partial charge in [-0.2, -0.15) is 0 Å². The molecule has 4 heterocycles. The lowest BCUT2D eigenvalue weighted by Gasteiger charge is -2.11. The number of rotatable bonds is 4. The van der Waals surface area contributed by atoms with Gasteiger partial charge in [0.1, 0.15) is 11.2 Å². The monoisotopic (exact) mass is 669 g/mol. The highest BCUT2D eigenvalue weighted by Gasteiger charge is 2.21. The summed E-state index contributed by atoms with van der Waals surface area (Å²) in [7, 11) is 0. The third-order valence-corrected chi connectivity index (χ3v) is 11.3. The average molecular weight is 670 g/mol. The number of nitrogens with zero attached hydrogens (tertiary/aromatic N) is 3. The number of aromatic nitrogens is 3. The minimum atomic E-state index is 0.705. The van der Waals surface area contributed by atoms with Crippen molar-refractivity contribution in [3.63, 3.8) is 0 Å². The minimum absolute atomic E-state index is 0.705. The Hall–Kier alpha value is -6.56. The van der Waals surface area contributed by atoms with Crippen molar-refractivity contribution in [2.24, 2.45) is 0 Å². The molecule has 0 fully saturated rings. The molecule has 11 aromatic rings. The summed E-state index contributed by atoms with van der Waals surface area (Å²) in [6, 6.07) is 57.5. The smallest absolute Gasteiger partial charge is 0.161 e. The predicted molar refractivity (Wildman–Crippen MR) is 213 cm³/mol. The van der Waals surface area contributed by atoms with E-state index in [1.165, 1.54) is 42.0 Å². The lowest BCUT2D eigenvalue weighted by molar-refractivity contribution is 0.669. The van der Waals surface area contributed by atoms with Crippen molar-refractivity contribution in [2.75, 3.05) is 0 Å². The van der Waals surface area contributed by atoms with Crippen LogP contribution >= 0.6 is 11.3 Å². The molecule has 0 aliphatic rings. The van der Waals surface area contributed by atoms with Gasteiger partial charge in [0.15, 0.2) is 5.82 Å². The van der Waals surface area contributed by atoms with E-state index in [0.29, 0.717) is 5.82 Å². The molecule has 238 valence electrons. The van der Waals surface area contributed by atoms with E-state index >= 15 is 0 Å². The highest BCUT2D eigenvalue weighted by Crippen LogP contribution is 2.46. The molecule has 0 radical (unpaired) electrons. The van der Waals surface area contributed by atoms with Crippen LogP contribution in [0.25, 0.3) is 104 Å². The van der Waals surface area contributed by atoms with Crippen LogP contribution in [-0.2, 0) is 0 Å². The second-order valence-electron chi connectivity index (χ2n) is 12.9. The first-order chi connectivity index (χ1) is 25.3. The quantitative estimate of drug-likeness (QED) is 0.187. The molecule has 0 saturated carbocycles. The van der Waals surface area contributed by atoms with Crippen molar-refractivity contribution in [3.8, 4) is 39.6 Å². The van der Waals surface area contributed by atoms with E-state index in [2.05, 4.69) is 138 Å². The van der Waals surface area contributed by atoms with Gasteiger partial charge in [-0.05, 0) is 48.5 Å². The Morgan fingerprint density at radius 2 is 1.12 bits per heavy atom. The van der Waals surface area contributed by atoms with Crippen molar-refractivity contribution in [2.45, 2.75) is 0 Å². The van der Waals surface area contributed by atoms with E-state index in [-0.39, 0.29) is 0 Å². The number of fused-ring (bicyclic) bond motifs is 10. The molecule has 0 aliphatic heterocycles. The average Bonchev–Trinajstić information content (AvgIpc) is 3.88. The van der Waals surface area contributed by atoms with E-state index in [1.807, 2.05) is 41.7 Å². The van der Waals surface area contributed by atoms with E-state index in [4.69, 9.17) is 14.4 Å². The molecule has 4 nitrogen and oxygen atoms in total. The van der Waals surface area contributed by atoms with Gasteiger partial charge in [-0.25, -0.2) is 9.97 Å². The third kappa shape index (κ3) is 4.25. The number of benzene rings is 7. The van der Waals surface area contributed by atoms with Crippen LogP contribution < -0.4 is 0 Å². The molecular formula is C46H27N3OS.